The topological polar surface area (TPSA) is 20.3 Å². The number of hydrogen-bond acceptors (Lipinski definition) is 1. The third-order valence-corrected chi connectivity index (χ3v) is 4.09. The average Bonchev–Trinajstić information content (AvgIpc) is 2.05. The summed E-state index contributed by atoms with van der Waals surface area (Å²) in [4.78, 5) is 13.6. The van der Waals surface area contributed by atoms with E-state index in [4.69, 9.17) is 0 Å². The van der Waals surface area contributed by atoms with Crippen LogP contribution < -0.4 is 0 Å². The molecule has 1 heterocycles. The molecule has 0 radical (unpaired) electrons. The molecule has 1 aliphatic rings. The van der Waals surface area contributed by atoms with Crippen LogP contribution in [0.5, 0.6) is 0 Å². The van der Waals surface area contributed by atoms with Gasteiger partial charge in [-0.05, 0) is 12.3 Å². The first-order chi connectivity index (χ1) is 5.23. The van der Waals surface area contributed by atoms with E-state index in [2.05, 4.69) is 20.8 Å². The molecule has 0 aliphatic carbocycles. The molecule has 70 valence electrons. The maximum Gasteiger partial charge on any atom is 0.228 e. The van der Waals surface area contributed by atoms with Crippen molar-refractivity contribution >= 4 is 5.91 Å². The second kappa shape index (κ2) is 2.24. The summed E-state index contributed by atoms with van der Waals surface area (Å²) in [6.07, 6.45) is 0. The predicted molar refractivity (Wildman–Crippen MR) is 49.8 cm³/mol. The molecule has 0 N–H and O–H groups in total. The van der Waals surface area contributed by atoms with Gasteiger partial charge in [0.2, 0.25) is 5.91 Å². The van der Waals surface area contributed by atoms with Crippen LogP contribution >= 0.6 is 0 Å². The molecule has 12 heavy (non-hydrogen) atoms. The Kier molecular flexibility index (Phi) is 1.78. The number of likely N-dealkylation sites (tertiary alicyclic amines) is 1. The third-order valence-electron chi connectivity index (χ3n) is 4.09. The largest absolute Gasteiger partial charge is 0.342 e. The highest BCUT2D eigenvalue weighted by Gasteiger charge is 2.55. The van der Waals surface area contributed by atoms with Gasteiger partial charge in [0.05, 0.1) is 5.41 Å². The molecule has 1 aliphatic heterocycles. The Bertz CT molecular complexity index is 218. The second-order valence-corrected chi connectivity index (χ2v) is 4.94. The monoisotopic (exact) mass is 169 g/mol. The molecule has 1 atom stereocenters. The molecule has 0 aromatic carbocycles. The minimum absolute atomic E-state index is 0.0683. The summed E-state index contributed by atoms with van der Waals surface area (Å²) in [5.74, 6) is 0.264. The first-order valence-electron chi connectivity index (χ1n) is 4.50. The number of carbonyl (C=O) groups is 1. The summed E-state index contributed by atoms with van der Waals surface area (Å²) in [6, 6.07) is 0.333. The lowest BCUT2D eigenvalue weighted by atomic mass is 9.67. The van der Waals surface area contributed by atoms with Crippen LogP contribution in [0.4, 0.5) is 0 Å². The SMILES string of the molecule is CC1N(C)C(=O)C(C)(C)C1(C)C. The average molecular weight is 169 g/mol. The van der Waals surface area contributed by atoms with Gasteiger partial charge >= 0.3 is 0 Å². The molecule has 0 aromatic heterocycles. The molecule has 2 heteroatoms. The van der Waals surface area contributed by atoms with Gasteiger partial charge < -0.3 is 4.90 Å². The molecule has 2 nitrogen and oxygen atoms in total. The van der Waals surface area contributed by atoms with Crippen molar-refractivity contribution in [2.75, 3.05) is 7.05 Å². The standard InChI is InChI=1S/C10H19NO/c1-7-9(2,3)10(4,5)8(12)11(7)6/h7H,1-6H3. The summed E-state index contributed by atoms with van der Waals surface area (Å²) in [7, 11) is 1.89. The fourth-order valence-corrected chi connectivity index (χ4v) is 1.90. The Balaban J connectivity index is 3.14. The van der Waals surface area contributed by atoms with E-state index in [1.54, 1.807) is 0 Å². The van der Waals surface area contributed by atoms with Crippen LogP contribution in [0.2, 0.25) is 0 Å². The molecule has 0 spiro atoms. The van der Waals surface area contributed by atoms with E-state index in [9.17, 15) is 4.79 Å². The predicted octanol–water partition coefficient (Wildman–Crippen LogP) is 1.90. The summed E-state index contributed by atoms with van der Waals surface area (Å²) >= 11 is 0. The maximum absolute atomic E-state index is 11.8. The first-order valence-corrected chi connectivity index (χ1v) is 4.50. The van der Waals surface area contributed by atoms with E-state index >= 15 is 0 Å². The van der Waals surface area contributed by atoms with Gasteiger partial charge in [0.25, 0.3) is 0 Å². The van der Waals surface area contributed by atoms with Gasteiger partial charge in [-0.15, -0.1) is 0 Å². The zero-order valence-corrected chi connectivity index (χ0v) is 8.93. The summed E-state index contributed by atoms with van der Waals surface area (Å²) < 4.78 is 0. The second-order valence-electron chi connectivity index (χ2n) is 4.94. The molecular formula is C10H19NO. The van der Waals surface area contributed by atoms with Crippen LogP contribution in [0.1, 0.15) is 34.6 Å². The maximum atomic E-state index is 11.8. The number of carbonyl (C=O) groups excluding carboxylic acids is 1. The van der Waals surface area contributed by atoms with E-state index in [0.717, 1.165) is 0 Å². The number of rotatable bonds is 0. The fourth-order valence-electron chi connectivity index (χ4n) is 1.90. The molecule has 1 rings (SSSR count). The van der Waals surface area contributed by atoms with Gasteiger partial charge in [0, 0.05) is 13.1 Å². The van der Waals surface area contributed by atoms with Crippen LogP contribution in [0, 0.1) is 10.8 Å². The van der Waals surface area contributed by atoms with Crippen LogP contribution in [0.15, 0.2) is 0 Å². The molecule has 1 fully saturated rings. The Hall–Kier alpha value is -0.530. The normalized spacial score (nSPS) is 32.7. The van der Waals surface area contributed by atoms with Crippen LogP contribution in [0.25, 0.3) is 0 Å². The van der Waals surface area contributed by atoms with Gasteiger partial charge in [0.1, 0.15) is 0 Å². The third kappa shape index (κ3) is 0.838. The minimum atomic E-state index is -0.221. The number of hydrogen-bond donors (Lipinski definition) is 0. The van der Waals surface area contributed by atoms with Gasteiger partial charge in [-0.2, -0.15) is 0 Å². The molecule has 0 saturated carbocycles. The van der Waals surface area contributed by atoms with Crippen molar-refractivity contribution in [1.82, 2.24) is 4.90 Å². The molecule has 1 unspecified atom stereocenters. The molecule has 0 aromatic rings. The lowest BCUT2D eigenvalue weighted by Gasteiger charge is -2.34. The van der Waals surface area contributed by atoms with E-state index < -0.39 is 0 Å². The van der Waals surface area contributed by atoms with Crippen molar-refractivity contribution in [2.24, 2.45) is 10.8 Å². The highest BCUT2D eigenvalue weighted by atomic mass is 16.2. The molecule has 0 bridgehead atoms. The van der Waals surface area contributed by atoms with E-state index in [1.807, 2.05) is 25.8 Å². The van der Waals surface area contributed by atoms with Crippen molar-refractivity contribution in [3.63, 3.8) is 0 Å². The fraction of sp³-hybridized carbons (Fsp3) is 0.900. The quantitative estimate of drug-likeness (QED) is 0.542. The Morgan fingerprint density at radius 1 is 1.25 bits per heavy atom. The highest BCUT2D eigenvalue weighted by Crippen LogP contribution is 2.49. The van der Waals surface area contributed by atoms with Crippen LogP contribution in [-0.2, 0) is 4.79 Å². The Morgan fingerprint density at radius 2 is 1.67 bits per heavy atom. The van der Waals surface area contributed by atoms with Gasteiger partial charge in [0.15, 0.2) is 0 Å². The van der Waals surface area contributed by atoms with Crippen molar-refractivity contribution in [1.29, 1.82) is 0 Å². The van der Waals surface area contributed by atoms with Crippen molar-refractivity contribution in [3.05, 3.63) is 0 Å². The van der Waals surface area contributed by atoms with Crippen LogP contribution in [0.3, 0.4) is 0 Å². The van der Waals surface area contributed by atoms with Crippen molar-refractivity contribution in [2.45, 2.75) is 40.7 Å². The van der Waals surface area contributed by atoms with Crippen molar-refractivity contribution < 1.29 is 4.79 Å². The lowest BCUT2D eigenvalue weighted by molar-refractivity contribution is -0.135. The number of nitrogens with zero attached hydrogens (tertiary/aromatic N) is 1. The number of amides is 1. The van der Waals surface area contributed by atoms with Gasteiger partial charge in [-0.25, -0.2) is 0 Å². The Labute approximate surface area is 74.9 Å². The van der Waals surface area contributed by atoms with E-state index in [0.29, 0.717) is 6.04 Å². The Morgan fingerprint density at radius 3 is 1.75 bits per heavy atom. The summed E-state index contributed by atoms with van der Waals surface area (Å²) in [6.45, 7) is 10.5. The molecule has 1 amide bonds. The van der Waals surface area contributed by atoms with Crippen molar-refractivity contribution in [3.8, 4) is 0 Å². The first kappa shape index (κ1) is 9.56. The lowest BCUT2D eigenvalue weighted by Crippen LogP contribution is -2.36. The zero-order valence-electron chi connectivity index (χ0n) is 8.93. The molecule has 1 saturated heterocycles. The van der Waals surface area contributed by atoms with Gasteiger partial charge in [-0.3, -0.25) is 4.79 Å². The molecular weight excluding hydrogens is 150 g/mol. The highest BCUT2D eigenvalue weighted by molar-refractivity contribution is 5.85. The zero-order chi connectivity index (χ0) is 9.73. The summed E-state index contributed by atoms with van der Waals surface area (Å²) in [5, 5.41) is 0. The van der Waals surface area contributed by atoms with Crippen LogP contribution in [-0.4, -0.2) is 23.9 Å². The van der Waals surface area contributed by atoms with E-state index in [-0.39, 0.29) is 16.7 Å². The van der Waals surface area contributed by atoms with Gasteiger partial charge in [-0.1, -0.05) is 27.7 Å². The van der Waals surface area contributed by atoms with E-state index in [1.165, 1.54) is 0 Å². The minimum Gasteiger partial charge on any atom is -0.342 e. The smallest absolute Gasteiger partial charge is 0.228 e. The summed E-state index contributed by atoms with van der Waals surface area (Å²) in [5.41, 5.74) is -0.153.